The second kappa shape index (κ2) is 9.20. The molecule has 160 valence electrons. The lowest BCUT2D eigenvalue weighted by Gasteiger charge is -2.12. The van der Waals surface area contributed by atoms with Gasteiger partial charge in [-0.25, -0.2) is 4.79 Å². The first-order valence-corrected chi connectivity index (χ1v) is 10.6. The third-order valence-corrected chi connectivity index (χ3v) is 5.42. The molecule has 6 nitrogen and oxygen atoms in total. The van der Waals surface area contributed by atoms with Crippen molar-refractivity contribution in [1.29, 1.82) is 0 Å². The number of aromatic carboxylic acids is 1. The Morgan fingerprint density at radius 2 is 1.81 bits per heavy atom. The summed E-state index contributed by atoms with van der Waals surface area (Å²) in [6.07, 6.45) is 1.78. The van der Waals surface area contributed by atoms with Gasteiger partial charge in [0.1, 0.15) is 12.4 Å². The maximum Gasteiger partial charge on any atom is 0.335 e. The number of hydrazone groups is 1. The van der Waals surface area contributed by atoms with Crippen LogP contribution in [0.15, 0.2) is 87.9 Å². The van der Waals surface area contributed by atoms with Gasteiger partial charge in [-0.2, -0.15) is 10.1 Å². The molecular weight excluding hydrogens is 472 g/mol. The molecule has 0 spiro atoms. The molecule has 4 rings (SSSR count). The largest absolute Gasteiger partial charge is 0.488 e. The van der Waals surface area contributed by atoms with E-state index in [1.165, 1.54) is 5.01 Å². The third kappa shape index (κ3) is 4.63. The molecule has 1 amide bonds. The molecule has 0 aromatic heterocycles. The Balaban J connectivity index is 1.58. The highest BCUT2D eigenvalue weighted by Crippen LogP contribution is 2.30. The van der Waals surface area contributed by atoms with Gasteiger partial charge in [0.15, 0.2) is 0 Å². The van der Waals surface area contributed by atoms with Gasteiger partial charge < -0.3 is 9.84 Å². The van der Waals surface area contributed by atoms with Crippen LogP contribution in [0.3, 0.4) is 0 Å². The molecule has 1 heterocycles. The number of hydrogen-bond donors (Lipinski definition) is 1. The van der Waals surface area contributed by atoms with Crippen LogP contribution in [-0.4, -0.2) is 22.7 Å². The Hall–Kier alpha value is -3.71. The van der Waals surface area contributed by atoms with Gasteiger partial charge in [-0.15, -0.1) is 0 Å². The summed E-state index contributed by atoms with van der Waals surface area (Å²) < 4.78 is 6.84. The summed E-state index contributed by atoms with van der Waals surface area (Å²) in [5, 5.41) is 14.8. The van der Waals surface area contributed by atoms with Crippen molar-refractivity contribution < 1.29 is 19.4 Å². The predicted molar refractivity (Wildman–Crippen MR) is 127 cm³/mol. The molecule has 0 saturated heterocycles. The van der Waals surface area contributed by atoms with Gasteiger partial charge in [-0.1, -0.05) is 46.3 Å². The van der Waals surface area contributed by atoms with Crippen molar-refractivity contribution >= 4 is 45.3 Å². The lowest BCUT2D eigenvalue weighted by atomic mass is 10.1. The number of benzene rings is 3. The minimum Gasteiger partial charge on any atom is -0.488 e. The maximum atomic E-state index is 13.0. The van der Waals surface area contributed by atoms with Gasteiger partial charge in [-0.05, 0) is 61.0 Å². The number of carboxylic acids is 1. The quantitative estimate of drug-likeness (QED) is 0.460. The number of carbonyl (C=O) groups is 2. The second-order valence-corrected chi connectivity index (χ2v) is 8.08. The van der Waals surface area contributed by atoms with Crippen molar-refractivity contribution in [2.24, 2.45) is 5.10 Å². The minimum atomic E-state index is -0.970. The number of hydrogen-bond acceptors (Lipinski definition) is 4. The summed E-state index contributed by atoms with van der Waals surface area (Å²) >= 11 is 3.48. The van der Waals surface area contributed by atoms with Crippen molar-refractivity contribution in [3.8, 4) is 5.75 Å². The molecule has 7 heteroatoms. The Labute approximate surface area is 193 Å². The molecule has 1 N–H and O–H groups in total. The number of rotatable bonds is 6. The zero-order valence-electron chi connectivity index (χ0n) is 17.2. The van der Waals surface area contributed by atoms with E-state index in [0.717, 1.165) is 15.6 Å². The van der Waals surface area contributed by atoms with Crippen molar-refractivity contribution in [3.63, 3.8) is 0 Å². The van der Waals surface area contributed by atoms with E-state index in [-0.39, 0.29) is 18.1 Å². The molecule has 0 unspecified atom stereocenters. The zero-order chi connectivity index (χ0) is 22.7. The van der Waals surface area contributed by atoms with Crippen LogP contribution >= 0.6 is 15.9 Å². The number of anilines is 1. The average Bonchev–Trinajstić information content (AvgIpc) is 3.08. The molecule has 0 bridgehead atoms. The summed E-state index contributed by atoms with van der Waals surface area (Å²) in [6.45, 7) is 2.06. The van der Waals surface area contributed by atoms with Gasteiger partial charge in [0, 0.05) is 10.0 Å². The summed E-state index contributed by atoms with van der Waals surface area (Å²) in [5.74, 6) is -0.576. The number of ether oxygens (including phenoxy) is 1. The van der Waals surface area contributed by atoms with Crippen LogP contribution in [0.1, 0.15) is 28.4 Å². The Kier molecular flexibility index (Phi) is 6.18. The number of halogens is 1. The molecule has 1 aliphatic heterocycles. The molecule has 3 aromatic carbocycles. The number of amides is 1. The van der Waals surface area contributed by atoms with Crippen LogP contribution in [-0.2, 0) is 11.4 Å². The number of carboxylic acid groups (broad SMARTS) is 1. The van der Waals surface area contributed by atoms with Crippen molar-refractivity contribution in [1.82, 2.24) is 0 Å². The van der Waals surface area contributed by atoms with Gasteiger partial charge in [0.2, 0.25) is 0 Å². The first-order chi connectivity index (χ1) is 15.4. The summed E-state index contributed by atoms with van der Waals surface area (Å²) in [7, 11) is 0. The van der Waals surface area contributed by atoms with Crippen LogP contribution < -0.4 is 9.75 Å². The van der Waals surface area contributed by atoms with E-state index >= 15 is 0 Å². The SMILES string of the molecule is CC1=NN(c2ccccc2)C(=O)/C1=C/c1cc(Br)ccc1OCc1ccc(C(=O)O)cc1. The van der Waals surface area contributed by atoms with Crippen LogP contribution in [0.4, 0.5) is 5.69 Å². The molecule has 0 saturated carbocycles. The van der Waals surface area contributed by atoms with E-state index < -0.39 is 5.97 Å². The Bertz CT molecular complexity index is 1230. The monoisotopic (exact) mass is 490 g/mol. The van der Waals surface area contributed by atoms with E-state index in [0.29, 0.717) is 22.7 Å². The first kappa shape index (κ1) is 21.5. The molecule has 0 atom stereocenters. The van der Waals surface area contributed by atoms with E-state index in [1.807, 2.05) is 48.5 Å². The fourth-order valence-corrected chi connectivity index (χ4v) is 3.63. The predicted octanol–water partition coefficient (Wildman–Crippen LogP) is 5.53. The van der Waals surface area contributed by atoms with E-state index in [4.69, 9.17) is 9.84 Å². The van der Waals surface area contributed by atoms with Crippen molar-refractivity contribution in [3.05, 3.63) is 99.5 Å². The van der Waals surface area contributed by atoms with E-state index in [2.05, 4.69) is 21.0 Å². The lowest BCUT2D eigenvalue weighted by molar-refractivity contribution is -0.114. The average molecular weight is 491 g/mol. The molecule has 0 fully saturated rings. The molecule has 0 aliphatic carbocycles. The molecule has 32 heavy (non-hydrogen) atoms. The summed E-state index contributed by atoms with van der Waals surface area (Å²) in [5.41, 5.74) is 3.60. The fraction of sp³-hybridized carbons (Fsp3) is 0.0800. The second-order valence-electron chi connectivity index (χ2n) is 7.17. The summed E-state index contributed by atoms with van der Waals surface area (Å²) in [6, 6.07) is 21.4. The lowest BCUT2D eigenvalue weighted by Crippen LogP contribution is -2.21. The van der Waals surface area contributed by atoms with Crippen molar-refractivity contribution in [2.75, 3.05) is 5.01 Å². The fourth-order valence-electron chi connectivity index (χ4n) is 3.25. The zero-order valence-corrected chi connectivity index (χ0v) is 18.7. The van der Waals surface area contributed by atoms with Crippen LogP contribution in [0.25, 0.3) is 6.08 Å². The highest BCUT2D eigenvalue weighted by Gasteiger charge is 2.28. The Morgan fingerprint density at radius 3 is 2.50 bits per heavy atom. The topological polar surface area (TPSA) is 79.2 Å². The van der Waals surface area contributed by atoms with Crippen LogP contribution in [0.2, 0.25) is 0 Å². The number of para-hydroxylation sites is 1. The number of carbonyl (C=O) groups excluding carboxylic acids is 1. The summed E-state index contributed by atoms with van der Waals surface area (Å²) in [4.78, 5) is 24.0. The first-order valence-electron chi connectivity index (χ1n) is 9.84. The normalized spacial score (nSPS) is 14.6. The van der Waals surface area contributed by atoms with E-state index in [9.17, 15) is 9.59 Å². The molecule has 0 radical (unpaired) electrons. The Morgan fingerprint density at radius 1 is 1.09 bits per heavy atom. The van der Waals surface area contributed by atoms with Gasteiger partial charge >= 0.3 is 5.97 Å². The van der Waals surface area contributed by atoms with Crippen LogP contribution in [0.5, 0.6) is 5.75 Å². The molecule has 3 aromatic rings. The van der Waals surface area contributed by atoms with Gasteiger partial charge in [-0.3, -0.25) is 4.79 Å². The minimum absolute atomic E-state index is 0.205. The smallest absolute Gasteiger partial charge is 0.335 e. The maximum absolute atomic E-state index is 13.0. The van der Waals surface area contributed by atoms with Crippen molar-refractivity contribution in [2.45, 2.75) is 13.5 Å². The highest BCUT2D eigenvalue weighted by atomic mass is 79.9. The highest BCUT2D eigenvalue weighted by molar-refractivity contribution is 9.10. The number of nitrogens with zero attached hydrogens (tertiary/aromatic N) is 2. The third-order valence-electron chi connectivity index (χ3n) is 4.93. The molecule has 1 aliphatic rings. The van der Waals surface area contributed by atoms with Gasteiger partial charge in [0.05, 0.1) is 22.5 Å². The van der Waals surface area contributed by atoms with E-state index in [1.54, 1.807) is 37.3 Å². The molecular formula is C25H19BrN2O4. The van der Waals surface area contributed by atoms with Gasteiger partial charge in [0.25, 0.3) is 5.91 Å². The standard InChI is InChI=1S/C25H19BrN2O4/c1-16-22(24(29)28(27-16)21-5-3-2-4-6-21)14-19-13-20(26)11-12-23(19)32-15-17-7-9-18(10-8-17)25(30)31/h2-14H,15H2,1H3,(H,30,31)/b22-14+. The van der Waals surface area contributed by atoms with Crippen LogP contribution in [0, 0.1) is 0 Å².